The smallest absolute Gasteiger partial charge is 0.253 e. The molecule has 3 heteroatoms. The van der Waals surface area contributed by atoms with E-state index in [0.29, 0.717) is 0 Å². The van der Waals surface area contributed by atoms with Crippen molar-refractivity contribution in [3.05, 3.63) is 34.9 Å². The topological polar surface area (TPSA) is 20.3 Å². The van der Waals surface area contributed by atoms with E-state index in [2.05, 4.69) is 15.9 Å². The zero-order valence-electron chi connectivity index (χ0n) is 10.1. The van der Waals surface area contributed by atoms with Crippen molar-refractivity contribution in [2.45, 2.75) is 20.3 Å². The maximum absolute atomic E-state index is 12.1. The minimum Gasteiger partial charge on any atom is -0.342 e. The highest BCUT2D eigenvalue weighted by Crippen LogP contribution is 2.12. The van der Waals surface area contributed by atoms with Crippen LogP contribution in [0.3, 0.4) is 0 Å². The fraction of sp³-hybridized carbons (Fsp3) is 0.462. The van der Waals surface area contributed by atoms with Gasteiger partial charge in [0, 0.05) is 24.5 Å². The summed E-state index contributed by atoms with van der Waals surface area (Å²) in [5.41, 5.74) is 3.05. The number of halogens is 1. The summed E-state index contributed by atoms with van der Waals surface area (Å²) in [6, 6.07) is 5.95. The molecular formula is C13H18BrNO. The van der Waals surface area contributed by atoms with Crippen LogP contribution in [0.5, 0.6) is 0 Å². The Morgan fingerprint density at radius 2 is 2.06 bits per heavy atom. The lowest BCUT2D eigenvalue weighted by molar-refractivity contribution is 0.0795. The second-order valence-corrected chi connectivity index (χ2v) is 4.88. The Kier molecular flexibility index (Phi) is 5.00. The van der Waals surface area contributed by atoms with Crippen molar-refractivity contribution in [3.63, 3.8) is 0 Å². The zero-order chi connectivity index (χ0) is 12.1. The maximum Gasteiger partial charge on any atom is 0.253 e. The summed E-state index contributed by atoms with van der Waals surface area (Å²) in [6.45, 7) is 4.81. The normalized spacial score (nSPS) is 10.2. The number of hydrogen-bond acceptors (Lipinski definition) is 1. The minimum absolute atomic E-state index is 0.110. The molecule has 0 aliphatic heterocycles. The predicted octanol–water partition coefficient (Wildman–Crippen LogP) is 3.16. The van der Waals surface area contributed by atoms with E-state index in [4.69, 9.17) is 0 Å². The summed E-state index contributed by atoms with van der Waals surface area (Å²) in [5, 5.41) is 0.928. The zero-order valence-corrected chi connectivity index (χ0v) is 11.7. The van der Waals surface area contributed by atoms with Gasteiger partial charge in [-0.2, -0.15) is 0 Å². The largest absolute Gasteiger partial charge is 0.342 e. The second kappa shape index (κ2) is 6.04. The van der Waals surface area contributed by atoms with Crippen LogP contribution in [0.2, 0.25) is 0 Å². The number of alkyl halides is 1. The maximum atomic E-state index is 12.1. The molecule has 0 heterocycles. The van der Waals surface area contributed by atoms with E-state index in [1.807, 2.05) is 39.1 Å². The average molecular weight is 284 g/mol. The van der Waals surface area contributed by atoms with Gasteiger partial charge in [0.05, 0.1) is 0 Å². The first kappa shape index (κ1) is 13.2. The minimum atomic E-state index is 0.110. The standard InChI is InChI=1S/C13H18BrNO/c1-10-5-6-12(11(2)9-10)13(16)15(3)8-4-7-14/h5-6,9H,4,7-8H2,1-3H3. The first-order valence-electron chi connectivity index (χ1n) is 5.45. The van der Waals surface area contributed by atoms with E-state index in [9.17, 15) is 4.79 Å². The number of carbonyl (C=O) groups is 1. The molecule has 1 aromatic rings. The Bertz CT molecular complexity index is 376. The van der Waals surface area contributed by atoms with E-state index in [-0.39, 0.29) is 5.91 Å². The van der Waals surface area contributed by atoms with E-state index in [1.165, 1.54) is 5.56 Å². The van der Waals surface area contributed by atoms with Gasteiger partial charge in [-0.25, -0.2) is 0 Å². The molecule has 88 valence electrons. The molecule has 0 N–H and O–H groups in total. The molecule has 0 radical (unpaired) electrons. The summed E-state index contributed by atoms with van der Waals surface area (Å²) in [6.07, 6.45) is 0.979. The van der Waals surface area contributed by atoms with Crippen LogP contribution in [0, 0.1) is 13.8 Å². The molecule has 16 heavy (non-hydrogen) atoms. The number of benzene rings is 1. The van der Waals surface area contributed by atoms with Crippen LogP contribution in [-0.2, 0) is 0 Å². The molecule has 1 aromatic carbocycles. The van der Waals surface area contributed by atoms with Gasteiger partial charge in [0.25, 0.3) is 5.91 Å². The van der Waals surface area contributed by atoms with Crippen LogP contribution >= 0.6 is 15.9 Å². The third-order valence-electron chi connectivity index (χ3n) is 2.59. The van der Waals surface area contributed by atoms with Crippen LogP contribution in [0.1, 0.15) is 27.9 Å². The van der Waals surface area contributed by atoms with Crippen LogP contribution < -0.4 is 0 Å². The highest BCUT2D eigenvalue weighted by atomic mass is 79.9. The molecular weight excluding hydrogens is 266 g/mol. The van der Waals surface area contributed by atoms with Crippen molar-refractivity contribution in [2.24, 2.45) is 0 Å². The lowest BCUT2D eigenvalue weighted by atomic mass is 10.0. The predicted molar refractivity (Wildman–Crippen MR) is 71.3 cm³/mol. The van der Waals surface area contributed by atoms with E-state index < -0.39 is 0 Å². The molecule has 1 amide bonds. The lowest BCUT2D eigenvalue weighted by Crippen LogP contribution is -2.28. The Morgan fingerprint density at radius 1 is 1.38 bits per heavy atom. The van der Waals surface area contributed by atoms with Gasteiger partial charge in [-0.05, 0) is 31.9 Å². The van der Waals surface area contributed by atoms with Crippen LogP contribution in [0.25, 0.3) is 0 Å². The van der Waals surface area contributed by atoms with Gasteiger partial charge in [-0.1, -0.05) is 33.6 Å². The number of aryl methyl sites for hydroxylation is 2. The van der Waals surface area contributed by atoms with Crippen LogP contribution in [0.15, 0.2) is 18.2 Å². The van der Waals surface area contributed by atoms with Crippen molar-refractivity contribution in [3.8, 4) is 0 Å². The van der Waals surface area contributed by atoms with Gasteiger partial charge < -0.3 is 4.90 Å². The average Bonchev–Trinajstić information content (AvgIpc) is 2.25. The number of hydrogen-bond donors (Lipinski definition) is 0. The number of rotatable bonds is 4. The fourth-order valence-electron chi connectivity index (χ4n) is 1.66. The van der Waals surface area contributed by atoms with Gasteiger partial charge in [0.15, 0.2) is 0 Å². The molecule has 0 aliphatic carbocycles. The van der Waals surface area contributed by atoms with Crippen molar-refractivity contribution >= 4 is 21.8 Å². The van der Waals surface area contributed by atoms with Crippen LogP contribution in [0.4, 0.5) is 0 Å². The fourth-order valence-corrected chi connectivity index (χ4v) is 1.91. The first-order valence-corrected chi connectivity index (χ1v) is 6.57. The third kappa shape index (κ3) is 3.34. The van der Waals surface area contributed by atoms with E-state index >= 15 is 0 Å². The SMILES string of the molecule is Cc1ccc(C(=O)N(C)CCCBr)c(C)c1. The first-order chi connectivity index (χ1) is 7.56. The quantitative estimate of drug-likeness (QED) is 0.778. The number of nitrogens with zero attached hydrogens (tertiary/aromatic N) is 1. The summed E-state index contributed by atoms with van der Waals surface area (Å²) < 4.78 is 0. The highest BCUT2D eigenvalue weighted by Gasteiger charge is 2.13. The Labute approximate surface area is 106 Å². The molecule has 0 bridgehead atoms. The van der Waals surface area contributed by atoms with E-state index in [1.54, 1.807) is 4.90 Å². The van der Waals surface area contributed by atoms with Crippen LogP contribution in [-0.4, -0.2) is 29.7 Å². The molecule has 0 saturated heterocycles. The molecule has 0 unspecified atom stereocenters. The van der Waals surface area contributed by atoms with Gasteiger partial charge in [0.1, 0.15) is 0 Å². The molecule has 0 spiro atoms. The van der Waals surface area contributed by atoms with Gasteiger partial charge in [-0.3, -0.25) is 4.79 Å². The van der Waals surface area contributed by atoms with Gasteiger partial charge in [0.2, 0.25) is 0 Å². The molecule has 0 aromatic heterocycles. The molecule has 1 rings (SSSR count). The van der Waals surface area contributed by atoms with Gasteiger partial charge >= 0.3 is 0 Å². The van der Waals surface area contributed by atoms with E-state index in [0.717, 1.165) is 29.4 Å². The Balaban J connectivity index is 2.79. The summed E-state index contributed by atoms with van der Waals surface area (Å²) in [7, 11) is 1.85. The number of carbonyl (C=O) groups excluding carboxylic acids is 1. The summed E-state index contributed by atoms with van der Waals surface area (Å²) in [5.74, 6) is 0.110. The van der Waals surface area contributed by atoms with Crippen molar-refractivity contribution in [1.29, 1.82) is 0 Å². The summed E-state index contributed by atoms with van der Waals surface area (Å²) in [4.78, 5) is 13.9. The lowest BCUT2D eigenvalue weighted by Gasteiger charge is -2.18. The van der Waals surface area contributed by atoms with Crippen molar-refractivity contribution < 1.29 is 4.79 Å². The molecule has 0 aliphatic rings. The molecule has 2 nitrogen and oxygen atoms in total. The van der Waals surface area contributed by atoms with Gasteiger partial charge in [-0.15, -0.1) is 0 Å². The van der Waals surface area contributed by atoms with Crippen molar-refractivity contribution in [2.75, 3.05) is 18.9 Å². The third-order valence-corrected chi connectivity index (χ3v) is 3.15. The highest BCUT2D eigenvalue weighted by molar-refractivity contribution is 9.09. The monoisotopic (exact) mass is 283 g/mol. The molecule has 0 fully saturated rings. The molecule has 0 saturated carbocycles. The Morgan fingerprint density at radius 3 is 2.62 bits per heavy atom. The number of amides is 1. The Hall–Kier alpha value is -0.830. The molecule has 0 atom stereocenters. The summed E-state index contributed by atoms with van der Waals surface area (Å²) >= 11 is 3.37. The van der Waals surface area contributed by atoms with Crippen molar-refractivity contribution in [1.82, 2.24) is 4.90 Å². The second-order valence-electron chi connectivity index (χ2n) is 4.09.